The summed E-state index contributed by atoms with van der Waals surface area (Å²) in [7, 11) is 0. The molecule has 0 unspecified atom stereocenters. The summed E-state index contributed by atoms with van der Waals surface area (Å²) in [6.07, 6.45) is 4.58. The minimum Gasteiger partial charge on any atom is -0.507 e. The second-order valence-electron chi connectivity index (χ2n) is 3.79. The van der Waals surface area contributed by atoms with Gasteiger partial charge >= 0.3 is 0 Å². The van der Waals surface area contributed by atoms with Gasteiger partial charge in [0.2, 0.25) is 0 Å². The lowest BCUT2D eigenvalue weighted by Crippen LogP contribution is -1.89. The third kappa shape index (κ3) is 1.08. The molecule has 0 saturated heterocycles. The van der Waals surface area contributed by atoms with Gasteiger partial charge in [0.1, 0.15) is 5.75 Å². The van der Waals surface area contributed by atoms with Crippen LogP contribution in [-0.4, -0.2) is 9.67 Å². The Hall–Kier alpha value is -0.960. The number of fused-ring (bicyclic) bond motifs is 1. The maximum atomic E-state index is 9.72. The van der Waals surface area contributed by atoms with Crippen LogP contribution in [0, 0.1) is 0 Å². The summed E-state index contributed by atoms with van der Waals surface area (Å²) < 4.78 is 3.23. The van der Waals surface area contributed by atoms with Crippen molar-refractivity contribution in [1.29, 1.82) is 0 Å². The Kier molecular flexibility index (Phi) is 1.65. The monoisotopic (exact) mass is 251 g/mol. The highest BCUT2D eigenvalue weighted by atomic mass is 79.9. The van der Waals surface area contributed by atoms with Crippen LogP contribution in [0.3, 0.4) is 0 Å². The fourth-order valence-electron chi connectivity index (χ4n) is 1.90. The number of rotatable bonds is 1. The minimum absolute atomic E-state index is 0.355. The summed E-state index contributed by atoms with van der Waals surface area (Å²) in [6.45, 7) is 0. The summed E-state index contributed by atoms with van der Waals surface area (Å²) in [4.78, 5) is 0. The zero-order chi connectivity index (χ0) is 9.71. The first kappa shape index (κ1) is 8.36. The van der Waals surface area contributed by atoms with Crippen LogP contribution >= 0.6 is 15.9 Å². The lowest BCUT2D eigenvalue weighted by Gasteiger charge is -2.01. The molecule has 0 atom stereocenters. The fraction of sp³-hybridized carbons (Fsp3) is 0.273. The molecular formula is C11H10BrNO. The van der Waals surface area contributed by atoms with Gasteiger partial charge in [0.15, 0.2) is 0 Å². The predicted octanol–water partition coefficient (Wildman–Crippen LogP) is 3.44. The van der Waals surface area contributed by atoms with Gasteiger partial charge < -0.3 is 9.67 Å². The highest BCUT2D eigenvalue weighted by molar-refractivity contribution is 9.10. The van der Waals surface area contributed by atoms with E-state index >= 15 is 0 Å². The Labute approximate surface area is 90.3 Å². The number of hydrogen-bond acceptors (Lipinski definition) is 1. The second kappa shape index (κ2) is 2.76. The molecule has 72 valence electrons. The summed E-state index contributed by atoms with van der Waals surface area (Å²) >= 11 is 3.48. The van der Waals surface area contributed by atoms with Crippen molar-refractivity contribution in [3.63, 3.8) is 0 Å². The van der Waals surface area contributed by atoms with Gasteiger partial charge in [-0.1, -0.05) is 6.07 Å². The molecule has 1 N–H and O–H groups in total. The van der Waals surface area contributed by atoms with Crippen LogP contribution in [0.1, 0.15) is 18.9 Å². The van der Waals surface area contributed by atoms with Crippen LogP contribution in [0.4, 0.5) is 0 Å². The van der Waals surface area contributed by atoms with E-state index in [0.29, 0.717) is 11.8 Å². The van der Waals surface area contributed by atoms with E-state index in [4.69, 9.17) is 0 Å². The normalized spacial score (nSPS) is 16.4. The number of aromatic nitrogens is 1. The van der Waals surface area contributed by atoms with Crippen LogP contribution in [-0.2, 0) is 0 Å². The third-order valence-corrected chi connectivity index (χ3v) is 3.33. The number of halogens is 1. The van der Waals surface area contributed by atoms with E-state index in [1.54, 1.807) is 6.07 Å². The first-order valence-corrected chi connectivity index (χ1v) is 5.54. The fourth-order valence-corrected chi connectivity index (χ4v) is 2.53. The summed E-state index contributed by atoms with van der Waals surface area (Å²) in [5, 5.41) is 10.7. The zero-order valence-corrected chi connectivity index (χ0v) is 9.16. The van der Waals surface area contributed by atoms with E-state index in [9.17, 15) is 5.11 Å². The molecule has 1 aromatic carbocycles. The number of benzene rings is 1. The van der Waals surface area contributed by atoms with Gasteiger partial charge in [-0.15, -0.1) is 0 Å². The molecule has 1 fully saturated rings. The van der Waals surface area contributed by atoms with Crippen LogP contribution in [0.5, 0.6) is 5.75 Å². The number of nitrogens with zero attached hydrogens (tertiary/aromatic N) is 1. The molecule has 0 spiro atoms. The average molecular weight is 252 g/mol. The molecule has 3 rings (SSSR count). The van der Waals surface area contributed by atoms with Gasteiger partial charge in [-0.3, -0.25) is 0 Å². The largest absolute Gasteiger partial charge is 0.507 e. The SMILES string of the molecule is Oc1cccc2c1c(Br)cn2C1CC1. The second-order valence-corrected chi connectivity index (χ2v) is 4.64. The Morgan fingerprint density at radius 3 is 2.86 bits per heavy atom. The smallest absolute Gasteiger partial charge is 0.126 e. The van der Waals surface area contributed by atoms with Gasteiger partial charge in [0, 0.05) is 16.7 Å². The molecular weight excluding hydrogens is 242 g/mol. The topological polar surface area (TPSA) is 25.2 Å². The molecule has 1 heterocycles. The van der Waals surface area contributed by atoms with E-state index in [0.717, 1.165) is 15.4 Å². The number of aromatic hydroxyl groups is 1. The highest BCUT2D eigenvalue weighted by Crippen LogP contribution is 2.42. The van der Waals surface area contributed by atoms with E-state index in [-0.39, 0.29) is 0 Å². The van der Waals surface area contributed by atoms with E-state index < -0.39 is 0 Å². The zero-order valence-electron chi connectivity index (χ0n) is 7.57. The maximum Gasteiger partial charge on any atom is 0.126 e. The van der Waals surface area contributed by atoms with E-state index in [1.165, 1.54) is 12.8 Å². The summed E-state index contributed by atoms with van der Waals surface area (Å²) in [5.41, 5.74) is 1.12. The van der Waals surface area contributed by atoms with Crippen LogP contribution in [0.25, 0.3) is 10.9 Å². The van der Waals surface area contributed by atoms with E-state index in [2.05, 4.69) is 32.8 Å². The van der Waals surface area contributed by atoms with Crippen molar-refractivity contribution in [2.45, 2.75) is 18.9 Å². The maximum absolute atomic E-state index is 9.72. The van der Waals surface area contributed by atoms with Gasteiger partial charge in [0.25, 0.3) is 0 Å². The van der Waals surface area contributed by atoms with Gasteiger partial charge in [-0.05, 0) is 40.9 Å². The van der Waals surface area contributed by atoms with Crippen LogP contribution in [0.2, 0.25) is 0 Å². The Morgan fingerprint density at radius 2 is 2.14 bits per heavy atom. The predicted molar refractivity (Wildman–Crippen MR) is 59.6 cm³/mol. The molecule has 1 aliphatic carbocycles. The van der Waals surface area contributed by atoms with Crippen molar-refractivity contribution in [3.8, 4) is 5.75 Å². The van der Waals surface area contributed by atoms with Gasteiger partial charge in [-0.2, -0.15) is 0 Å². The molecule has 3 heteroatoms. The highest BCUT2D eigenvalue weighted by Gasteiger charge is 2.25. The van der Waals surface area contributed by atoms with Crippen molar-refractivity contribution in [2.24, 2.45) is 0 Å². The number of hydrogen-bond donors (Lipinski definition) is 1. The van der Waals surface area contributed by atoms with Crippen molar-refractivity contribution >= 4 is 26.8 Å². The van der Waals surface area contributed by atoms with Crippen molar-refractivity contribution in [2.75, 3.05) is 0 Å². The lowest BCUT2D eigenvalue weighted by atomic mass is 10.2. The Bertz CT molecular complexity index is 499. The van der Waals surface area contributed by atoms with Crippen molar-refractivity contribution in [1.82, 2.24) is 4.57 Å². The Balaban J connectivity index is 2.37. The first-order chi connectivity index (χ1) is 6.77. The first-order valence-electron chi connectivity index (χ1n) is 4.75. The van der Waals surface area contributed by atoms with Gasteiger partial charge in [0.05, 0.1) is 10.9 Å². The molecule has 2 aromatic rings. The lowest BCUT2D eigenvalue weighted by molar-refractivity contribution is 0.481. The molecule has 1 aromatic heterocycles. The number of phenols is 1. The quantitative estimate of drug-likeness (QED) is 0.826. The molecule has 1 aliphatic rings. The average Bonchev–Trinajstić information content (AvgIpc) is 2.93. The van der Waals surface area contributed by atoms with Gasteiger partial charge in [-0.25, -0.2) is 0 Å². The van der Waals surface area contributed by atoms with Crippen molar-refractivity contribution < 1.29 is 5.11 Å². The molecule has 0 aliphatic heterocycles. The molecule has 1 saturated carbocycles. The minimum atomic E-state index is 0.355. The summed E-state index contributed by atoms with van der Waals surface area (Å²) in [5.74, 6) is 0.355. The molecule has 2 nitrogen and oxygen atoms in total. The number of phenolic OH excluding ortho intramolecular Hbond substituents is 1. The van der Waals surface area contributed by atoms with Crippen molar-refractivity contribution in [3.05, 3.63) is 28.9 Å². The molecule has 0 radical (unpaired) electrons. The van der Waals surface area contributed by atoms with E-state index in [1.807, 2.05) is 6.07 Å². The van der Waals surface area contributed by atoms with Crippen LogP contribution in [0.15, 0.2) is 28.9 Å². The standard InChI is InChI=1S/C11H10BrNO/c12-8-6-13(7-4-5-7)9-2-1-3-10(14)11(8)9/h1-3,6-7,14H,4-5H2. The summed E-state index contributed by atoms with van der Waals surface area (Å²) in [6, 6.07) is 6.32. The molecule has 14 heavy (non-hydrogen) atoms. The molecule has 0 bridgehead atoms. The third-order valence-electron chi connectivity index (χ3n) is 2.73. The Morgan fingerprint density at radius 1 is 1.36 bits per heavy atom. The molecule has 0 amide bonds. The van der Waals surface area contributed by atoms with Crippen LogP contribution < -0.4 is 0 Å².